The van der Waals surface area contributed by atoms with E-state index in [4.69, 9.17) is 0 Å². The average Bonchev–Trinajstić information content (AvgIpc) is 2.95. The minimum absolute atomic E-state index is 0.846. The van der Waals surface area contributed by atoms with E-state index in [0.717, 1.165) is 35.5 Å². The van der Waals surface area contributed by atoms with Crippen LogP contribution in [-0.4, -0.2) is 0 Å². The maximum atomic E-state index is 2.54. The van der Waals surface area contributed by atoms with Gasteiger partial charge in [-0.15, -0.1) is 0 Å². The highest BCUT2D eigenvalue weighted by Gasteiger charge is 2.22. The van der Waals surface area contributed by atoms with Crippen molar-refractivity contribution in [1.82, 2.24) is 0 Å². The molecule has 0 spiro atoms. The largest absolute Gasteiger partial charge is 0.0628 e. The van der Waals surface area contributed by atoms with E-state index in [0.29, 0.717) is 0 Å². The van der Waals surface area contributed by atoms with Gasteiger partial charge in [-0.3, -0.25) is 0 Å². The molecule has 0 nitrogen and oxygen atoms in total. The van der Waals surface area contributed by atoms with Gasteiger partial charge in [0, 0.05) is 0 Å². The van der Waals surface area contributed by atoms with Crippen molar-refractivity contribution in [1.29, 1.82) is 0 Å². The van der Waals surface area contributed by atoms with Crippen LogP contribution >= 0.6 is 0 Å². The van der Waals surface area contributed by atoms with Crippen molar-refractivity contribution < 1.29 is 0 Å². The molecule has 1 rings (SSSR count). The van der Waals surface area contributed by atoms with E-state index in [-0.39, 0.29) is 0 Å². The molecule has 0 aromatic heterocycles. The van der Waals surface area contributed by atoms with Crippen molar-refractivity contribution in [3.63, 3.8) is 0 Å². The number of hydrogen-bond acceptors (Lipinski definition) is 0. The summed E-state index contributed by atoms with van der Waals surface area (Å²) in [6.07, 6.45) is 16.3. The Morgan fingerprint density at radius 1 is 0.783 bits per heavy atom. The summed E-state index contributed by atoms with van der Waals surface area (Å²) >= 11 is 0. The predicted molar refractivity (Wildman–Crippen MR) is 106 cm³/mol. The Morgan fingerprint density at radius 2 is 1.39 bits per heavy atom. The van der Waals surface area contributed by atoms with Crippen molar-refractivity contribution in [2.75, 3.05) is 0 Å². The second-order valence-corrected chi connectivity index (χ2v) is 9.73. The topological polar surface area (TPSA) is 0 Å². The Balaban J connectivity index is 2.38. The third-order valence-corrected chi connectivity index (χ3v) is 6.43. The first-order valence-corrected chi connectivity index (χ1v) is 10.9. The number of unbranched alkanes of at least 4 members (excludes halogenated alkanes) is 1. The fourth-order valence-electron chi connectivity index (χ4n) is 4.60. The maximum absolute atomic E-state index is 2.54. The monoisotopic (exact) mass is 322 g/mol. The zero-order valence-electron chi connectivity index (χ0n) is 17.2. The molecule has 0 radical (unpaired) electrons. The standard InChI is InChI=1S/C23H46/c1-18(2)11-7-8-14-23(17-21(6)19(3)4)16-20(5)15-22-12-9-10-13-22/h18-23H,7-17H2,1-6H3. The van der Waals surface area contributed by atoms with Crippen molar-refractivity contribution in [2.45, 2.75) is 112 Å². The van der Waals surface area contributed by atoms with Crippen LogP contribution in [0.4, 0.5) is 0 Å². The second-order valence-electron chi connectivity index (χ2n) is 9.73. The van der Waals surface area contributed by atoms with Crippen LogP contribution in [0.15, 0.2) is 0 Å². The second kappa shape index (κ2) is 11.5. The van der Waals surface area contributed by atoms with Gasteiger partial charge < -0.3 is 0 Å². The lowest BCUT2D eigenvalue weighted by Gasteiger charge is -2.27. The van der Waals surface area contributed by atoms with E-state index >= 15 is 0 Å². The van der Waals surface area contributed by atoms with Gasteiger partial charge in [0.25, 0.3) is 0 Å². The van der Waals surface area contributed by atoms with Crippen LogP contribution in [0.5, 0.6) is 0 Å². The van der Waals surface area contributed by atoms with Gasteiger partial charge >= 0.3 is 0 Å². The summed E-state index contributed by atoms with van der Waals surface area (Å²) in [7, 11) is 0. The lowest BCUT2D eigenvalue weighted by Crippen LogP contribution is -2.15. The highest BCUT2D eigenvalue weighted by atomic mass is 14.3. The molecule has 1 aliphatic carbocycles. The van der Waals surface area contributed by atoms with E-state index in [9.17, 15) is 0 Å². The molecule has 0 aromatic carbocycles. The third kappa shape index (κ3) is 9.78. The zero-order chi connectivity index (χ0) is 17.2. The summed E-state index contributed by atoms with van der Waals surface area (Å²) in [6, 6.07) is 0. The Hall–Kier alpha value is 0. The van der Waals surface area contributed by atoms with E-state index in [1.54, 1.807) is 0 Å². The van der Waals surface area contributed by atoms with Crippen molar-refractivity contribution in [3.8, 4) is 0 Å². The highest BCUT2D eigenvalue weighted by Crippen LogP contribution is 2.35. The first kappa shape index (κ1) is 21.0. The molecule has 1 saturated carbocycles. The lowest BCUT2D eigenvalue weighted by atomic mass is 9.79. The molecular weight excluding hydrogens is 276 g/mol. The fraction of sp³-hybridized carbons (Fsp3) is 1.00. The van der Waals surface area contributed by atoms with Gasteiger partial charge in [0.2, 0.25) is 0 Å². The van der Waals surface area contributed by atoms with Crippen LogP contribution in [-0.2, 0) is 0 Å². The van der Waals surface area contributed by atoms with Crippen molar-refractivity contribution >= 4 is 0 Å². The maximum Gasteiger partial charge on any atom is -0.0409 e. The molecule has 1 fully saturated rings. The minimum atomic E-state index is 0.846. The summed E-state index contributed by atoms with van der Waals surface area (Å²) in [5.74, 6) is 5.61. The first-order valence-electron chi connectivity index (χ1n) is 10.9. The normalized spacial score (nSPS) is 20.3. The van der Waals surface area contributed by atoms with E-state index in [1.807, 2.05) is 0 Å². The van der Waals surface area contributed by atoms with Gasteiger partial charge in [-0.05, 0) is 54.8 Å². The van der Waals surface area contributed by atoms with Crippen LogP contribution in [0, 0.1) is 35.5 Å². The Labute approximate surface area is 148 Å². The quantitative estimate of drug-likeness (QED) is 0.318. The van der Waals surface area contributed by atoms with E-state index < -0.39 is 0 Å². The molecule has 0 aliphatic heterocycles. The van der Waals surface area contributed by atoms with Crippen LogP contribution < -0.4 is 0 Å². The van der Waals surface area contributed by atoms with E-state index in [2.05, 4.69) is 41.5 Å². The molecule has 0 bridgehead atoms. The van der Waals surface area contributed by atoms with Gasteiger partial charge in [-0.2, -0.15) is 0 Å². The summed E-state index contributed by atoms with van der Waals surface area (Å²) in [5.41, 5.74) is 0. The van der Waals surface area contributed by atoms with Crippen molar-refractivity contribution in [2.24, 2.45) is 35.5 Å². The Morgan fingerprint density at radius 3 is 1.96 bits per heavy atom. The van der Waals surface area contributed by atoms with Gasteiger partial charge in [-0.25, -0.2) is 0 Å². The van der Waals surface area contributed by atoms with Crippen LogP contribution in [0.2, 0.25) is 0 Å². The highest BCUT2D eigenvalue weighted by molar-refractivity contribution is 4.74. The molecule has 3 atom stereocenters. The molecule has 0 heteroatoms. The van der Waals surface area contributed by atoms with Crippen LogP contribution in [0.1, 0.15) is 112 Å². The third-order valence-electron chi connectivity index (χ3n) is 6.43. The number of hydrogen-bond donors (Lipinski definition) is 0. The number of rotatable bonds is 12. The van der Waals surface area contributed by atoms with Crippen LogP contribution in [0.3, 0.4) is 0 Å². The van der Waals surface area contributed by atoms with Gasteiger partial charge in [0.15, 0.2) is 0 Å². The van der Waals surface area contributed by atoms with Gasteiger partial charge in [0.1, 0.15) is 0 Å². The average molecular weight is 323 g/mol. The Bertz CT molecular complexity index is 272. The smallest absolute Gasteiger partial charge is 0.0409 e. The predicted octanol–water partition coefficient (Wildman–Crippen LogP) is 8.11. The fourth-order valence-corrected chi connectivity index (χ4v) is 4.60. The molecule has 1 aliphatic rings. The molecule has 138 valence electrons. The molecule has 0 heterocycles. The van der Waals surface area contributed by atoms with Crippen molar-refractivity contribution in [3.05, 3.63) is 0 Å². The lowest BCUT2D eigenvalue weighted by molar-refractivity contribution is 0.245. The molecular formula is C23H46. The van der Waals surface area contributed by atoms with Gasteiger partial charge in [0.05, 0.1) is 0 Å². The molecule has 3 unspecified atom stereocenters. The van der Waals surface area contributed by atoms with Gasteiger partial charge in [-0.1, -0.05) is 92.9 Å². The SMILES string of the molecule is CC(C)CCCCC(CC(C)CC1CCCC1)CC(C)C(C)C. The van der Waals surface area contributed by atoms with Crippen LogP contribution in [0.25, 0.3) is 0 Å². The summed E-state index contributed by atoms with van der Waals surface area (Å²) in [4.78, 5) is 0. The molecule has 0 amide bonds. The molecule has 0 aromatic rings. The van der Waals surface area contributed by atoms with E-state index in [1.165, 1.54) is 70.6 Å². The summed E-state index contributed by atoms with van der Waals surface area (Å²) in [6.45, 7) is 14.6. The zero-order valence-corrected chi connectivity index (χ0v) is 17.2. The first-order chi connectivity index (χ1) is 10.9. The minimum Gasteiger partial charge on any atom is -0.0628 e. The summed E-state index contributed by atoms with van der Waals surface area (Å²) < 4.78 is 0. The molecule has 23 heavy (non-hydrogen) atoms. The summed E-state index contributed by atoms with van der Waals surface area (Å²) in [5, 5.41) is 0. The molecule has 0 saturated heterocycles. The Kier molecular flexibility index (Phi) is 10.6. The molecule has 0 N–H and O–H groups in total.